The molecule has 18 rings (SSSR count). The van der Waals surface area contributed by atoms with Crippen molar-refractivity contribution in [3.8, 4) is 78.1 Å². The van der Waals surface area contributed by atoms with Crippen molar-refractivity contribution in [3.63, 3.8) is 0 Å². The molecule has 0 saturated carbocycles. The predicted molar refractivity (Wildman–Crippen MR) is 380 cm³/mol. The second kappa shape index (κ2) is 21.6. The first-order chi connectivity index (χ1) is 43.6. The fraction of sp³-hybridized carbons (Fsp3) is 0. The van der Waals surface area contributed by atoms with Gasteiger partial charge in [-0.2, -0.15) is 0 Å². The zero-order valence-electron chi connectivity index (χ0n) is 47.9. The number of hydrogen-bond acceptors (Lipinski definition) is 2. The predicted octanol–water partition coefficient (Wildman–Crippen LogP) is 24.3. The van der Waals surface area contributed by atoms with Crippen LogP contribution < -0.4 is 0 Å². The zero-order valence-corrected chi connectivity index (χ0v) is 49.5. The van der Waals surface area contributed by atoms with Gasteiger partial charge in [-0.05, 0) is 122 Å². The van der Waals surface area contributed by atoms with E-state index in [0.29, 0.717) is 0 Å². The van der Waals surface area contributed by atoms with Gasteiger partial charge < -0.3 is 9.13 Å². The van der Waals surface area contributed by atoms with Crippen LogP contribution in [0.4, 0.5) is 0 Å². The van der Waals surface area contributed by atoms with Crippen molar-refractivity contribution in [1.29, 1.82) is 0 Å². The van der Waals surface area contributed by atoms with E-state index in [1.165, 1.54) is 162 Å². The van der Waals surface area contributed by atoms with E-state index in [1.807, 2.05) is 22.7 Å². The fourth-order valence-corrected chi connectivity index (χ4v) is 15.8. The summed E-state index contributed by atoms with van der Waals surface area (Å²) in [4.78, 5) is 0. The van der Waals surface area contributed by atoms with E-state index in [4.69, 9.17) is 0 Å². The molecule has 2 nitrogen and oxygen atoms in total. The Morgan fingerprint density at radius 3 is 1.09 bits per heavy atom. The van der Waals surface area contributed by atoms with Crippen LogP contribution in [0, 0.1) is 0 Å². The molecule has 0 spiro atoms. The number of fused-ring (bicyclic) bond motifs is 12. The monoisotopic (exact) mass is 1150 g/mol. The molecule has 0 aliphatic rings. The normalized spacial score (nSPS) is 11.6. The van der Waals surface area contributed by atoms with Crippen LogP contribution in [-0.2, 0) is 0 Å². The highest BCUT2D eigenvalue weighted by molar-refractivity contribution is 7.26. The first kappa shape index (κ1) is 51.5. The van der Waals surface area contributed by atoms with Gasteiger partial charge in [-0.25, -0.2) is 0 Å². The van der Waals surface area contributed by atoms with Gasteiger partial charge in [0.1, 0.15) is 0 Å². The molecule has 0 bridgehead atoms. The maximum atomic E-state index is 2.43. The van der Waals surface area contributed by atoms with E-state index < -0.39 is 0 Å². The van der Waals surface area contributed by atoms with Crippen molar-refractivity contribution in [2.75, 3.05) is 0 Å². The molecule has 0 atom stereocenters. The van der Waals surface area contributed by atoms with Crippen LogP contribution in [0.25, 0.3) is 162 Å². The van der Waals surface area contributed by atoms with Crippen molar-refractivity contribution in [2.45, 2.75) is 0 Å². The Bertz CT molecular complexity index is 5670. The van der Waals surface area contributed by atoms with E-state index in [2.05, 4.69) is 337 Å². The lowest BCUT2D eigenvalue weighted by Gasteiger charge is -2.15. The van der Waals surface area contributed by atoms with Gasteiger partial charge in [-0.3, -0.25) is 0 Å². The number of hydrogen-bond donors (Lipinski definition) is 0. The summed E-state index contributed by atoms with van der Waals surface area (Å²) < 4.78 is 10.2. The molecule has 14 aromatic carbocycles. The third-order valence-corrected chi connectivity index (χ3v) is 20.0. The highest BCUT2D eigenvalue weighted by Crippen LogP contribution is 2.44. The summed E-state index contributed by atoms with van der Waals surface area (Å²) in [5, 5.41) is 10.4. The van der Waals surface area contributed by atoms with Gasteiger partial charge in [0.05, 0.1) is 33.4 Å². The van der Waals surface area contributed by atoms with Crippen LogP contribution in [-0.4, -0.2) is 9.13 Å². The van der Waals surface area contributed by atoms with Crippen molar-refractivity contribution >= 4 is 107 Å². The quantitative estimate of drug-likeness (QED) is 0.144. The topological polar surface area (TPSA) is 9.86 Å². The molecule has 412 valence electrons. The number of nitrogens with zero attached hydrogens (tertiary/aromatic N) is 2. The van der Waals surface area contributed by atoms with Gasteiger partial charge in [0.25, 0.3) is 0 Å². The third-order valence-electron chi connectivity index (χ3n) is 17.7. The lowest BCUT2D eigenvalue weighted by atomic mass is 9.98. The first-order valence-electron chi connectivity index (χ1n) is 30.0. The van der Waals surface area contributed by atoms with Crippen LogP contribution in [0.1, 0.15) is 0 Å². The standard InChI is InChI=1S/2C42H27NS/c1-2-11-28(12-3-1)31-25-26-40-37(27-31)34-14-5-8-19-39(34)43(40)38-18-7-4-13-32(38)29-21-23-30(24-22-29)33-16-10-17-36-35-15-6-9-20-41(35)44-42(33)36;1-2-10-28(11-3-1)31-23-25-40-37(26-31)34-13-5-8-16-39(34)43(40)38-15-7-4-12-33(38)30-20-18-29(19-21-30)32-22-24-36-35-14-6-9-17-41(35)44-42(36)27-32/h2*1-27H. The number of rotatable bonds is 8. The highest BCUT2D eigenvalue weighted by atomic mass is 32.1. The van der Waals surface area contributed by atoms with E-state index in [9.17, 15) is 0 Å². The summed E-state index contributed by atoms with van der Waals surface area (Å²) in [6, 6.07) is 119. The summed E-state index contributed by atoms with van der Waals surface area (Å²) in [6.07, 6.45) is 0. The van der Waals surface area contributed by atoms with E-state index >= 15 is 0 Å². The Hall–Kier alpha value is -10.9. The Morgan fingerprint density at radius 2 is 0.534 bits per heavy atom. The molecule has 0 aliphatic carbocycles. The molecular weight excluding hydrogens is 1100 g/mol. The maximum Gasteiger partial charge on any atom is 0.0541 e. The number of para-hydroxylation sites is 4. The lowest BCUT2D eigenvalue weighted by molar-refractivity contribution is 1.18. The second-order valence-corrected chi connectivity index (χ2v) is 24.8. The van der Waals surface area contributed by atoms with Crippen LogP contribution >= 0.6 is 22.7 Å². The lowest BCUT2D eigenvalue weighted by Crippen LogP contribution is -1.97. The van der Waals surface area contributed by atoms with Crippen LogP contribution in [0.5, 0.6) is 0 Å². The number of aromatic nitrogens is 2. The Kier molecular flexibility index (Phi) is 12.6. The molecule has 0 amide bonds. The maximum absolute atomic E-state index is 2.43. The summed E-state index contributed by atoms with van der Waals surface area (Å²) in [5.41, 5.74) is 22.0. The molecular formula is C84H54N2S2. The average molecular weight is 1160 g/mol. The van der Waals surface area contributed by atoms with Crippen LogP contribution in [0.15, 0.2) is 328 Å². The van der Waals surface area contributed by atoms with Crippen molar-refractivity contribution in [1.82, 2.24) is 9.13 Å². The minimum Gasteiger partial charge on any atom is -0.309 e. The van der Waals surface area contributed by atoms with Crippen molar-refractivity contribution < 1.29 is 0 Å². The molecule has 0 radical (unpaired) electrons. The summed E-state index contributed by atoms with van der Waals surface area (Å²) in [6.45, 7) is 0. The second-order valence-electron chi connectivity index (χ2n) is 22.7. The molecule has 0 fully saturated rings. The first-order valence-corrected chi connectivity index (χ1v) is 31.7. The summed E-state index contributed by atoms with van der Waals surface area (Å²) in [7, 11) is 0. The highest BCUT2D eigenvalue weighted by Gasteiger charge is 2.20. The van der Waals surface area contributed by atoms with Crippen LogP contribution in [0.2, 0.25) is 0 Å². The zero-order chi connectivity index (χ0) is 58.1. The summed E-state index contributed by atoms with van der Waals surface area (Å²) in [5.74, 6) is 0. The van der Waals surface area contributed by atoms with E-state index in [1.54, 1.807) is 0 Å². The molecule has 4 heteroatoms. The molecule has 0 saturated heterocycles. The minimum absolute atomic E-state index is 1.19. The Labute approximate surface area is 518 Å². The van der Waals surface area contributed by atoms with Crippen molar-refractivity contribution in [2.24, 2.45) is 0 Å². The molecule has 0 unspecified atom stereocenters. The van der Waals surface area contributed by atoms with Gasteiger partial charge >= 0.3 is 0 Å². The smallest absolute Gasteiger partial charge is 0.0541 e. The molecule has 18 aromatic rings. The molecule has 0 aliphatic heterocycles. The molecule has 0 N–H and O–H groups in total. The fourth-order valence-electron chi connectivity index (χ4n) is 13.5. The van der Waals surface area contributed by atoms with E-state index in [-0.39, 0.29) is 0 Å². The van der Waals surface area contributed by atoms with Crippen LogP contribution in [0.3, 0.4) is 0 Å². The van der Waals surface area contributed by atoms with Gasteiger partial charge in [0.2, 0.25) is 0 Å². The number of benzene rings is 14. The molecule has 88 heavy (non-hydrogen) atoms. The van der Waals surface area contributed by atoms with Gasteiger partial charge in [-0.15, -0.1) is 22.7 Å². The Balaban J connectivity index is 0.000000137. The van der Waals surface area contributed by atoms with Crippen molar-refractivity contribution in [3.05, 3.63) is 328 Å². The van der Waals surface area contributed by atoms with Gasteiger partial charge in [0.15, 0.2) is 0 Å². The SMILES string of the molecule is c1ccc(-c2ccc3c(c2)c2ccccc2n3-c2ccccc2-c2ccc(-c3ccc4c(c3)sc3ccccc34)cc2)cc1.c1ccc(-c2ccc3c(c2)c2ccccc2n3-c2ccccc2-c2ccc(-c3cccc4c3sc3ccccc34)cc2)cc1. The van der Waals surface area contributed by atoms with E-state index in [0.717, 1.165) is 0 Å². The third kappa shape index (κ3) is 8.84. The van der Waals surface area contributed by atoms with Gasteiger partial charge in [-0.1, -0.05) is 261 Å². The summed E-state index contributed by atoms with van der Waals surface area (Å²) >= 11 is 3.75. The molecule has 4 heterocycles. The number of thiophene rings is 2. The Morgan fingerprint density at radius 1 is 0.182 bits per heavy atom. The minimum atomic E-state index is 1.19. The average Bonchev–Trinajstić information content (AvgIpc) is 3.20. The van der Waals surface area contributed by atoms with Gasteiger partial charge in [0, 0.05) is 73.0 Å². The largest absolute Gasteiger partial charge is 0.309 e. The molecule has 4 aromatic heterocycles.